The Hall–Kier alpha value is -1.06. The molecule has 1 amide bonds. The van der Waals surface area contributed by atoms with Crippen molar-refractivity contribution in [3.05, 3.63) is 35.9 Å². The van der Waals surface area contributed by atoms with Crippen molar-refractivity contribution in [2.75, 3.05) is 13.6 Å². The number of hydrogen-bond acceptors (Lipinski definition) is 2. The van der Waals surface area contributed by atoms with Crippen LogP contribution in [0.25, 0.3) is 0 Å². The van der Waals surface area contributed by atoms with E-state index in [0.717, 1.165) is 24.4 Å². The summed E-state index contributed by atoms with van der Waals surface area (Å²) in [6, 6.07) is 9.58. The molecule has 0 radical (unpaired) electrons. The van der Waals surface area contributed by atoms with Crippen molar-refractivity contribution < 1.29 is 4.79 Å². The summed E-state index contributed by atoms with van der Waals surface area (Å²) in [4.78, 5) is 14.2. The van der Waals surface area contributed by atoms with Gasteiger partial charge in [0, 0.05) is 13.6 Å². The average Bonchev–Trinajstić information content (AvgIpc) is 3.20. The van der Waals surface area contributed by atoms with Crippen LogP contribution >= 0.6 is 12.4 Å². The number of carbonyl (C=O) groups excluding carboxylic acids is 1. The Kier molecular flexibility index (Phi) is 5.39. The highest BCUT2D eigenvalue weighted by Gasteiger charge is 2.33. The van der Waals surface area contributed by atoms with E-state index in [1.807, 2.05) is 37.4 Å². The number of likely N-dealkylation sites (N-methyl/N-ethyl adjacent to an activating group) is 1. The molecule has 4 heteroatoms. The van der Waals surface area contributed by atoms with Crippen LogP contribution < -0.4 is 5.73 Å². The van der Waals surface area contributed by atoms with Crippen LogP contribution in [-0.4, -0.2) is 24.4 Å². The molecule has 1 aromatic carbocycles. The van der Waals surface area contributed by atoms with Crippen LogP contribution in [0.15, 0.2) is 30.3 Å². The van der Waals surface area contributed by atoms with E-state index in [-0.39, 0.29) is 18.3 Å². The number of nitrogens with two attached hydrogens (primary N) is 1. The molecule has 1 unspecified atom stereocenters. The number of halogens is 1. The van der Waals surface area contributed by atoms with Crippen molar-refractivity contribution in [2.45, 2.75) is 31.7 Å². The quantitative estimate of drug-likeness (QED) is 0.902. The molecule has 0 aromatic heterocycles. The third-order valence-corrected chi connectivity index (χ3v) is 3.73. The summed E-state index contributed by atoms with van der Waals surface area (Å²) in [5, 5.41) is 0. The smallest absolute Gasteiger partial charge is 0.246 e. The lowest BCUT2D eigenvalue weighted by atomic mass is 9.91. The van der Waals surface area contributed by atoms with Crippen LogP contribution in [0.3, 0.4) is 0 Å². The fourth-order valence-electron chi connectivity index (χ4n) is 2.19. The van der Waals surface area contributed by atoms with Crippen LogP contribution in [-0.2, 0) is 10.3 Å². The molecule has 106 valence electrons. The molecule has 1 aliphatic carbocycles. The van der Waals surface area contributed by atoms with Crippen molar-refractivity contribution >= 4 is 18.3 Å². The molecule has 0 aliphatic heterocycles. The van der Waals surface area contributed by atoms with Gasteiger partial charge in [0.1, 0.15) is 5.54 Å². The summed E-state index contributed by atoms with van der Waals surface area (Å²) >= 11 is 0. The molecule has 0 saturated heterocycles. The number of nitrogens with zero attached hydrogens (tertiary/aromatic N) is 1. The van der Waals surface area contributed by atoms with Crippen molar-refractivity contribution in [2.24, 2.45) is 11.7 Å². The van der Waals surface area contributed by atoms with E-state index in [1.54, 1.807) is 11.8 Å². The van der Waals surface area contributed by atoms with Gasteiger partial charge in [0.25, 0.3) is 0 Å². The zero-order chi connectivity index (χ0) is 13.2. The number of hydrogen-bond donors (Lipinski definition) is 1. The van der Waals surface area contributed by atoms with Gasteiger partial charge in [0.05, 0.1) is 0 Å². The third kappa shape index (κ3) is 3.95. The number of rotatable bonds is 5. The predicted octanol–water partition coefficient (Wildman–Crippen LogP) is 2.54. The molecule has 19 heavy (non-hydrogen) atoms. The first-order chi connectivity index (χ1) is 8.51. The van der Waals surface area contributed by atoms with E-state index in [1.165, 1.54) is 12.8 Å². The van der Waals surface area contributed by atoms with Gasteiger partial charge in [-0.2, -0.15) is 0 Å². The second kappa shape index (κ2) is 6.40. The maximum Gasteiger partial charge on any atom is 0.246 e. The summed E-state index contributed by atoms with van der Waals surface area (Å²) < 4.78 is 0. The fourth-order valence-corrected chi connectivity index (χ4v) is 2.19. The van der Waals surface area contributed by atoms with E-state index < -0.39 is 5.54 Å². The second-order valence-electron chi connectivity index (χ2n) is 5.53. The molecule has 1 aromatic rings. The standard InChI is InChI=1S/C15H22N2O.ClH/c1-15(16,13-6-4-3-5-7-13)14(18)17(2)11-10-12-8-9-12;/h3-7,12H,8-11,16H2,1-2H3;1H. The summed E-state index contributed by atoms with van der Waals surface area (Å²) in [5.41, 5.74) is 6.15. The van der Waals surface area contributed by atoms with Gasteiger partial charge >= 0.3 is 0 Å². The lowest BCUT2D eigenvalue weighted by molar-refractivity contribution is -0.135. The summed E-state index contributed by atoms with van der Waals surface area (Å²) in [6.45, 7) is 2.60. The molecule has 0 bridgehead atoms. The van der Waals surface area contributed by atoms with Crippen molar-refractivity contribution in [3.8, 4) is 0 Å². The predicted molar refractivity (Wildman–Crippen MR) is 80.2 cm³/mol. The van der Waals surface area contributed by atoms with Crippen molar-refractivity contribution in [1.29, 1.82) is 0 Å². The highest BCUT2D eigenvalue weighted by molar-refractivity contribution is 5.86. The third-order valence-electron chi connectivity index (χ3n) is 3.73. The van der Waals surface area contributed by atoms with Crippen molar-refractivity contribution in [3.63, 3.8) is 0 Å². The van der Waals surface area contributed by atoms with Crippen LogP contribution in [0.2, 0.25) is 0 Å². The van der Waals surface area contributed by atoms with Crippen LogP contribution in [0, 0.1) is 5.92 Å². The molecule has 1 atom stereocenters. The molecule has 1 fully saturated rings. The molecule has 1 saturated carbocycles. The van der Waals surface area contributed by atoms with Gasteiger partial charge in [-0.05, 0) is 24.8 Å². The van der Waals surface area contributed by atoms with Gasteiger partial charge in [-0.25, -0.2) is 0 Å². The molecule has 1 aliphatic rings. The highest BCUT2D eigenvalue weighted by Crippen LogP contribution is 2.32. The Bertz CT molecular complexity index is 415. The highest BCUT2D eigenvalue weighted by atomic mass is 35.5. The zero-order valence-electron chi connectivity index (χ0n) is 11.6. The molecule has 2 rings (SSSR count). The van der Waals surface area contributed by atoms with E-state index in [0.29, 0.717) is 0 Å². The Morgan fingerprint density at radius 3 is 2.47 bits per heavy atom. The van der Waals surface area contributed by atoms with Gasteiger partial charge in [-0.3, -0.25) is 4.79 Å². The molecule has 0 spiro atoms. The Morgan fingerprint density at radius 1 is 1.37 bits per heavy atom. The zero-order valence-corrected chi connectivity index (χ0v) is 12.5. The van der Waals surface area contributed by atoms with Gasteiger partial charge in [0.2, 0.25) is 5.91 Å². The number of carbonyl (C=O) groups is 1. The monoisotopic (exact) mass is 282 g/mol. The van der Waals surface area contributed by atoms with E-state index in [9.17, 15) is 4.79 Å². The molecule has 2 N–H and O–H groups in total. The Labute approximate surface area is 121 Å². The van der Waals surface area contributed by atoms with Gasteiger partial charge in [-0.15, -0.1) is 12.4 Å². The minimum atomic E-state index is -0.931. The van der Waals surface area contributed by atoms with Gasteiger partial charge in [-0.1, -0.05) is 43.2 Å². The fraction of sp³-hybridized carbons (Fsp3) is 0.533. The number of amides is 1. The van der Waals surface area contributed by atoms with E-state index in [2.05, 4.69) is 0 Å². The molecular formula is C15H23ClN2O. The SMILES string of the molecule is CN(CCC1CC1)C(=O)C(C)(N)c1ccccc1.Cl. The van der Waals surface area contributed by atoms with Crippen LogP contribution in [0.5, 0.6) is 0 Å². The first kappa shape index (κ1) is 16.0. The summed E-state index contributed by atoms with van der Waals surface area (Å²) in [5.74, 6) is 0.829. The number of benzene rings is 1. The maximum absolute atomic E-state index is 12.4. The largest absolute Gasteiger partial charge is 0.344 e. The molecular weight excluding hydrogens is 260 g/mol. The average molecular weight is 283 g/mol. The van der Waals surface area contributed by atoms with E-state index in [4.69, 9.17) is 5.73 Å². The minimum Gasteiger partial charge on any atom is -0.344 e. The van der Waals surface area contributed by atoms with Crippen molar-refractivity contribution in [1.82, 2.24) is 4.90 Å². The Balaban J connectivity index is 0.00000180. The Morgan fingerprint density at radius 2 is 1.95 bits per heavy atom. The van der Waals surface area contributed by atoms with Gasteiger partial charge in [0.15, 0.2) is 0 Å². The minimum absolute atomic E-state index is 0. The molecule has 0 heterocycles. The molecule has 3 nitrogen and oxygen atoms in total. The first-order valence-corrected chi connectivity index (χ1v) is 6.62. The second-order valence-corrected chi connectivity index (χ2v) is 5.53. The normalized spacial score (nSPS) is 17.2. The van der Waals surface area contributed by atoms with E-state index >= 15 is 0 Å². The van der Waals surface area contributed by atoms with Crippen LogP contribution in [0.4, 0.5) is 0 Å². The maximum atomic E-state index is 12.4. The van der Waals surface area contributed by atoms with Crippen LogP contribution in [0.1, 0.15) is 31.7 Å². The first-order valence-electron chi connectivity index (χ1n) is 6.62. The topological polar surface area (TPSA) is 46.3 Å². The lowest BCUT2D eigenvalue weighted by Crippen LogP contribution is -2.49. The lowest BCUT2D eigenvalue weighted by Gasteiger charge is -2.29. The van der Waals surface area contributed by atoms with Gasteiger partial charge < -0.3 is 10.6 Å². The summed E-state index contributed by atoms with van der Waals surface area (Å²) in [6.07, 6.45) is 3.74. The summed E-state index contributed by atoms with van der Waals surface area (Å²) in [7, 11) is 1.85.